The van der Waals surface area contributed by atoms with Crippen LogP contribution in [0, 0.1) is 5.92 Å². The molecule has 0 aromatic carbocycles. The van der Waals surface area contributed by atoms with Crippen molar-refractivity contribution in [1.29, 1.82) is 0 Å². The normalized spacial score (nSPS) is 20.2. The van der Waals surface area contributed by atoms with E-state index in [0.29, 0.717) is 18.6 Å². The molecule has 1 saturated heterocycles. The standard InChI is InChI=1S/C19H34N4O5S/c1-5-11(2)15(18(26)21-12(3)19(27)28)23-17(25)14(8-10-29-4)22-16(24)13-7-6-9-20-13/h11-15,20H,5-10H2,1-4H3,(H,21,26)(H,22,24)(H,23,25)(H,27,28). The quantitative estimate of drug-likeness (QED) is 0.296. The molecule has 0 radical (unpaired) electrons. The first kappa shape index (κ1) is 25.2. The van der Waals surface area contributed by atoms with Gasteiger partial charge in [0, 0.05) is 0 Å². The first-order chi connectivity index (χ1) is 13.7. The second-order valence-electron chi connectivity index (χ2n) is 7.43. The Hall–Kier alpha value is -1.81. The molecule has 1 heterocycles. The minimum atomic E-state index is -1.15. The summed E-state index contributed by atoms with van der Waals surface area (Å²) in [6.07, 6.45) is 4.61. The lowest BCUT2D eigenvalue weighted by atomic mass is 9.97. The summed E-state index contributed by atoms with van der Waals surface area (Å²) < 4.78 is 0. The van der Waals surface area contributed by atoms with Crippen LogP contribution in [0.25, 0.3) is 0 Å². The Morgan fingerprint density at radius 2 is 1.83 bits per heavy atom. The van der Waals surface area contributed by atoms with E-state index in [4.69, 9.17) is 5.11 Å². The maximum Gasteiger partial charge on any atom is 0.325 e. The van der Waals surface area contributed by atoms with E-state index in [1.54, 1.807) is 11.8 Å². The second-order valence-corrected chi connectivity index (χ2v) is 8.42. The third kappa shape index (κ3) is 8.22. The third-order valence-electron chi connectivity index (χ3n) is 5.14. The number of rotatable bonds is 12. The topological polar surface area (TPSA) is 137 Å². The summed E-state index contributed by atoms with van der Waals surface area (Å²) in [5.41, 5.74) is 0. The van der Waals surface area contributed by atoms with Gasteiger partial charge in [-0.15, -0.1) is 0 Å². The Morgan fingerprint density at radius 1 is 1.14 bits per heavy atom. The summed E-state index contributed by atoms with van der Waals surface area (Å²) >= 11 is 1.56. The minimum absolute atomic E-state index is 0.201. The average Bonchev–Trinajstić information content (AvgIpc) is 3.22. The fraction of sp³-hybridized carbons (Fsp3) is 0.789. The number of carbonyl (C=O) groups is 4. The highest BCUT2D eigenvalue weighted by Crippen LogP contribution is 2.11. The molecule has 1 fully saturated rings. The van der Waals surface area contributed by atoms with Crippen LogP contribution >= 0.6 is 11.8 Å². The largest absolute Gasteiger partial charge is 0.480 e. The van der Waals surface area contributed by atoms with Gasteiger partial charge in [-0.05, 0) is 50.7 Å². The van der Waals surface area contributed by atoms with Crippen molar-refractivity contribution in [3.63, 3.8) is 0 Å². The van der Waals surface area contributed by atoms with Gasteiger partial charge in [-0.3, -0.25) is 19.2 Å². The van der Waals surface area contributed by atoms with Gasteiger partial charge in [-0.2, -0.15) is 11.8 Å². The molecule has 1 rings (SSSR count). The molecule has 0 aromatic rings. The van der Waals surface area contributed by atoms with Crippen molar-refractivity contribution >= 4 is 35.5 Å². The molecule has 5 unspecified atom stereocenters. The Kier molecular flexibility index (Phi) is 11.0. The molecular formula is C19H34N4O5S. The van der Waals surface area contributed by atoms with Crippen LogP contribution in [0.5, 0.6) is 0 Å². The Morgan fingerprint density at radius 3 is 2.34 bits per heavy atom. The van der Waals surface area contributed by atoms with Crippen LogP contribution < -0.4 is 21.3 Å². The van der Waals surface area contributed by atoms with Gasteiger partial charge < -0.3 is 26.4 Å². The van der Waals surface area contributed by atoms with Crippen LogP contribution in [0.4, 0.5) is 0 Å². The number of hydrogen-bond acceptors (Lipinski definition) is 6. The summed E-state index contributed by atoms with van der Waals surface area (Å²) in [6.45, 7) is 5.84. The van der Waals surface area contributed by atoms with E-state index in [2.05, 4.69) is 21.3 Å². The van der Waals surface area contributed by atoms with E-state index in [9.17, 15) is 19.2 Å². The van der Waals surface area contributed by atoms with Crippen LogP contribution in [0.3, 0.4) is 0 Å². The first-order valence-corrected chi connectivity index (χ1v) is 11.5. The Labute approximate surface area is 176 Å². The van der Waals surface area contributed by atoms with Gasteiger partial charge in [0.1, 0.15) is 18.1 Å². The summed E-state index contributed by atoms with van der Waals surface area (Å²) in [4.78, 5) is 49.0. The third-order valence-corrected chi connectivity index (χ3v) is 5.79. The number of carbonyl (C=O) groups excluding carboxylic acids is 3. The molecule has 1 aliphatic rings. The number of carboxylic acid groups (broad SMARTS) is 1. The average molecular weight is 431 g/mol. The van der Waals surface area contributed by atoms with Crippen LogP contribution in [0.15, 0.2) is 0 Å². The van der Waals surface area contributed by atoms with Crippen molar-refractivity contribution in [3.8, 4) is 0 Å². The molecule has 0 saturated carbocycles. The SMILES string of the molecule is CCC(C)C(NC(=O)C(CCSC)NC(=O)C1CCCN1)C(=O)NC(C)C(=O)O. The molecule has 9 nitrogen and oxygen atoms in total. The highest BCUT2D eigenvalue weighted by molar-refractivity contribution is 7.98. The number of aliphatic carboxylic acids is 1. The molecular weight excluding hydrogens is 396 g/mol. The maximum absolute atomic E-state index is 12.9. The fourth-order valence-corrected chi connectivity index (χ4v) is 3.48. The Bertz CT molecular complexity index is 583. The fourth-order valence-electron chi connectivity index (χ4n) is 3.01. The van der Waals surface area contributed by atoms with E-state index in [1.807, 2.05) is 20.1 Å². The van der Waals surface area contributed by atoms with E-state index < -0.39 is 35.9 Å². The lowest BCUT2D eigenvalue weighted by Crippen LogP contribution is -2.58. The van der Waals surface area contributed by atoms with Crippen molar-refractivity contribution < 1.29 is 24.3 Å². The van der Waals surface area contributed by atoms with Crippen LogP contribution in [-0.4, -0.2) is 71.5 Å². The van der Waals surface area contributed by atoms with Gasteiger partial charge in [-0.25, -0.2) is 0 Å². The molecule has 10 heteroatoms. The predicted molar refractivity (Wildman–Crippen MR) is 113 cm³/mol. The summed E-state index contributed by atoms with van der Waals surface area (Å²) in [5, 5.41) is 20.1. The van der Waals surface area contributed by atoms with Crippen LogP contribution in [0.2, 0.25) is 0 Å². The summed E-state index contributed by atoms with van der Waals surface area (Å²) in [7, 11) is 0. The van der Waals surface area contributed by atoms with Crippen LogP contribution in [0.1, 0.15) is 46.5 Å². The predicted octanol–water partition coefficient (Wildman–Crippen LogP) is 0.0965. The van der Waals surface area contributed by atoms with Crippen molar-refractivity contribution in [3.05, 3.63) is 0 Å². The van der Waals surface area contributed by atoms with E-state index >= 15 is 0 Å². The highest BCUT2D eigenvalue weighted by atomic mass is 32.2. The van der Waals surface area contributed by atoms with E-state index in [-0.39, 0.29) is 17.9 Å². The molecule has 0 bridgehead atoms. The molecule has 166 valence electrons. The molecule has 3 amide bonds. The van der Waals surface area contributed by atoms with E-state index in [0.717, 1.165) is 19.4 Å². The molecule has 29 heavy (non-hydrogen) atoms. The van der Waals surface area contributed by atoms with Crippen molar-refractivity contribution in [2.24, 2.45) is 5.92 Å². The highest BCUT2D eigenvalue weighted by Gasteiger charge is 2.32. The molecule has 0 aromatic heterocycles. The zero-order valence-corrected chi connectivity index (χ0v) is 18.4. The van der Waals surface area contributed by atoms with Crippen molar-refractivity contribution in [2.45, 2.75) is 70.6 Å². The first-order valence-electron chi connectivity index (χ1n) is 10.1. The smallest absolute Gasteiger partial charge is 0.325 e. The lowest BCUT2D eigenvalue weighted by molar-refractivity contribution is -0.142. The number of hydrogen-bond donors (Lipinski definition) is 5. The van der Waals surface area contributed by atoms with Gasteiger partial charge >= 0.3 is 5.97 Å². The zero-order chi connectivity index (χ0) is 22.0. The molecule has 5 N–H and O–H groups in total. The van der Waals surface area contributed by atoms with Crippen molar-refractivity contribution in [1.82, 2.24) is 21.3 Å². The number of carboxylic acids is 1. The monoisotopic (exact) mass is 430 g/mol. The van der Waals surface area contributed by atoms with Crippen LogP contribution in [-0.2, 0) is 19.2 Å². The summed E-state index contributed by atoms with van der Waals surface area (Å²) in [6, 6.07) is -3.00. The van der Waals surface area contributed by atoms with Crippen molar-refractivity contribution in [2.75, 3.05) is 18.6 Å². The number of nitrogens with one attached hydrogen (secondary N) is 4. The van der Waals surface area contributed by atoms with Gasteiger partial charge in [0.2, 0.25) is 17.7 Å². The number of thioether (sulfide) groups is 1. The number of amides is 3. The summed E-state index contributed by atoms with van der Waals surface area (Å²) in [5.74, 6) is -1.88. The molecule has 5 atom stereocenters. The second kappa shape index (κ2) is 12.7. The zero-order valence-electron chi connectivity index (χ0n) is 17.6. The van der Waals surface area contributed by atoms with Gasteiger partial charge in [-0.1, -0.05) is 20.3 Å². The maximum atomic E-state index is 12.9. The van der Waals surface area contributed by atoms with Gasteiger partial charge in [0.05, 0.1) is 6.04 Å². The molecule has 0 aliphatic carbocycles. The molecule has 1 aliphatic heterocycles. The van der Waals surface area contributed by atoms with E-state index in [1.165, 1.54) is 6.92 Å². The Balaban J connectivity index is 2.85. The lowest BCUT2D eigenvalue weighted by Gasteiger charge is -2.27. The minimum Gasteiger partial charge on any atom is -0.480 e. The van der Waals surface area contributed by atoms with Gasteiger partial charge in [0.15, 0.2) is 0 Å². The molecule has 0 spiro atoms. The van der Waals surface area contributed by atoms with Gasteiger partial charge in [0.25, 0.3) is 0 Å².